The topological polar surface area (TPSA) is 54.4 Å². The first-order chi connectivity index (χ1) is 13.7. The first-order valence-corrected chi connectivity index (χ1v) is 10.2. The molecule has 2 aromatic carbocycles. The van der Waals surface area contributed by atoms with Crippen LogP contribution in [0.25, 0.3) is 17.0 Å². The number of rotatable bonds is 3. The number of halogens is 1. The van der Waals surface area contributed by atoms with Gasteiger partial charge in [0.25, 0.3) is 5.91 Å². The highest BCUT2D eigenvalue weighted by Gasteiger charge is 2.39. The Morgan fingerprint density at radius 1 is 1.18 bits per heavy atom. The van der Waals surface area contributed by atoms with Crippen LogP contribution in [0.15, 0.2) is 70.7 Å². The van der Waals surface area contributed by atoms with Gasteiger partial charge in [0.05, 0.1) is 21.5 Å². The van der Waals surface area contributed by atoms with Crippen molar-refractivity contribution in [2.24, 2.45) is 4.99 Å². The Bertz CT molecular complexity index is 1140. The van der Waals surface area contributed by atoms with Crippen LogP contribution in [-0.4, -0.2) is 22.1 Å². The lowest BCUT2D eigenvalue weighted by Gasteiger charge is -2.01. The van der Waals surface area contributed by atoms with E-state index in [0.717, 1.165) is 22.9 Å². The van der Waals surface area contributed by atoms with E-state index in [0.29, 0.717) is 21.0 Å². The molecule has 1 aromatic heterocycles. The second-order valence-corrected chi connectivity index (χ2v) is 8.33. The highest BCUT2D eigenvalue weighted by molar-refractivity contribution is 8.18. The fourth-order valence-electron chi connectivity index (χ4n) is 3.39. The zero-order chi connectivity index (χ0) is 19.1. The maximum absolute atomic E-state index is 12.4. The van der Waals surface area contributed by atoms with Gasteiger partial charge < -0.3 is 5.32 Å². The summed E-state index contributed by atoms with van der Waals surface area (Å²) in [5.74, 6) is 0.340. The van der Waals surface area contributed by atoms with E-state index in [-0.39, 0.29) is 11.9 Å². The molecule has 1 N–H and O–H groups in total. The smallest absolute Gasteiger partial charge is 0.264 e. The summed E-state index contributed by atoms with van der Waals surface area (Å²) in [7, 11) is 0. The van der Waals surface area contributed by atoms with Gasteiger partial charge in [-0.3, -0.25) is 14.8 Å². The molecule has 1 aliphatic carbocycles. The molecule has 2 fully saturated rings. The molecule has 1 aliphatic heterocycles. The molecular formula is C22H16ClN3OS. The van der Waals surface area contributed by atoms with E-state index in [1.165, 1.54) is 17.3 Å². The zero-order valence-corrected chi connectivity index (χ0v) is 16.4. The van der Waals surface area contributed by atoms with E-state index in [1.54, 1.807) is 12.3 Å². The molecule has 1 saturated heterocycles. The Morgan fingerprint density at radius 3 is 2.89 bits per heavy atom. The quantitative estimate of drug-likeness (QED) is 0.623. The molecule has 3 aromatic rings. The molecule has 4 nitrogen and oxygen atoms in total. The summed E-state index contributed by atoms with van der Waals surface area (Å²) >= 11 is 7.65. The molecule has 5 rings (SSSR count). The van der Waals surface area contributed by atoms with E-state index in [4.69, 9.17) is 16.6 Å². The third-order valence-corrected chi connectivity index (χ3v) is 6.18. The molecule has 0 spiro atoms. The van der Waals surface area contributed by atoms with E-state index in [9.17, 15) is 4.79 Å². The maximum Gasteiger partial charge on any atom is 0.264 e. The lowest BCUT2D eigenvalue weighted by Crippen LogP contribution is -2.20. The van der Waals surface area contributed by atoms with E-state index < -0.39 is 0 Å². The van der Waals surface area contributed by atoms with Crippen molar-refractivity contribution in [2.45, 2.75) is 18.4 Å². The van der Waals surface area contributed by atoms with Crippen molar-refractivity contribution in [1.82, 2.24) is 10.3 Å². The minimum atomic E-state index is -0.113. The molecule has 1 saturated carbocycles. The Balaban J connectivity index is 1.35. The number of nitrogens with one attached hydrogen (secondary N) is 1. The summed E-state index contributed by atoms with van der Waals surface area (Å²) in [5.41, 5.74) is 3.06. The van der Waals surface area contributed by atoms with Crippen molar-refractivity contribution in [3.8, 4) is 0 Å². The van der Waals surface area contributed by atoms with Gasteiger partial charge in [-0.1, -0.05) is 48.0 Å². The summed E-state index contributed by atoms with van der Waals surface area (Å²) in [6.07, 6.45) is 4.58. The highest BCUT2D eigenvalue weighted by atomic mass is 35.5. The van der Waals surface area contributed by atoms with Gasteiger partial charge in [-0.15, -0.1) is 0 Å². The van der Waals surface area contributed by atoms with Crippen LogP contribution in [0, 0.1) is 0 Å². The van der Waals surface area contributed by atoms with Crippen molar-refractivity contribution >= 4 is 51.4 Å². The number of carbonyl (C=O) groups excluding carboxylic acids is 1. The van der Waals surface area contributed by atoms with Gasteiger partial charge in [0.2, 0.25) is 0 Å². The van der Waals surface area contributed by atoms with Crippen molar-refractivity contribution in [3.63, 3.8) is 0 Å². The second-order valence-electron chi connectivity index (χ2n) is 6.89. The molecule has 6 heteroatoms. The Morgan fingerprint density at radius 2 is 2.04 bits per heavy atom. The minimum Gasteiger partial charge on any atom is -0.301 e. The average molecular weight is 406 g/mol. The first kappa shape index (κ1) is 17.5. The molecule has 2 heterocycles. The number of aromatic nitrogens is 1. The molecular weight excluding hydrogens is 390 g/mol. The number of hydrogen-bond donors (Lipinski definition) is 1. The number of amidine groups is 1. The molecule has 28 heavy (non-hydrogen) atoms. The van der Waals surface area contributed by atoms with Gasteiger partial charge in [-0.25, -0.2) is 0 Å². The number of amides is 1. The first-order valence-electron chi connectivity index (χ1n) is 9.05. The van der Waals surface area contributed by atoms with Gasteiger partial charge >= 0.3 is 0 Å². The molecule has 1 amide bonds. The minimum absolute atomic E-state index is 0.113. The molecule has 0 unspecified atom stereocenters. The third kappa shape index (κ3) is 3.43. The van der Waals surface area contributed by atoms with E-state index >= 15 is 0 Å². The highest BCUT2D eigenvalue weighted by Crippen LogP contribution is 2.44. The lowest BCUT2D eigenvalue weighted by atomic mass is 10.1. The Hall–Kier alpha value is -2.63. The molecule has 0 radical (unpaired) electrons. The van der Waals surface area contributed by atoms with Crippen LogP contribution in [0.4, 0.5) is 0 Å². The molecule has 138 valence electrons. The van der Waals surface area contributed by atoms with Crippen molar-refractivity contribution in [1.29, 1.82) is 0 Å². The number of thioether (sulfide) groups is 1. The van der Waals surface area contributed by atoms with Crippen LogP contribution < -0.4 is 5.32 Å². The predicted octanol–water partition coefficient (Wildman–Crippen LogP) is 5.00. The number of fused-ring (bicyclic) bond motifs is 1. The number of aliphatic imine (C=N–C) groups is 1. The van der Waals surface area contributed by atoms with E-state index in [1.807, 2.05) is 30.3 Å². The largest absolute Gasteiger partial charge is 0.301 e. The lowest BCUT2D eigenvalue weighted by molar-refractivity contribution is -0.115. The molecule has 0 bridgehead atoms. The fraction of sp³-hybridized carbons (Fsp3) is 0.136. The summed E-state index contributed by atoms with van der Waals surface area (Å²) in [6.45, 7) is 0. The predicted molar refractivity (Wildman–Crippen MR) is 115 cm³/mol. The number of benzene rings is 2. The van der Waals surface area contributed by atoms with Crippen molar-refractivity contribution < 1.29 is 4.79 Å². The molecule has 2 atom stereocenters. The number of pyridine rings is 1. The van der Waals surface area contributed by atoms with Crippen molar-refractivity contribution in [2.75, 3.05) is 0 Å². The Kier molecular flexibility index (Phi) is 4.41. The standard InChI is InChI=1S/C22H16ClN3OS/c23-17-8-9-24-18-7-6-13(10-16(17)18)11-20-21(27)26-22(28-20)25-19-12-15(19)14-4-2-1-3-5-14/h1-11,15,19H,12H2,(H,25,26,27)/t15-,19+/m1/s1. The average Bonchev–Trinajstić information content (AvgIpc) is 3.39. The third-order valence-electron chi connectivity index (χ3n) is 4.93. The summed E-state index contributed by atoms with van der Waals surface area (Å²) in [5, 5.41) is 5.09. The van der Waals surface area contributed by atoms with Crippen LogP contribution in [-0.2, 0) is 4.79 Å². The monoisotopic (exact) mass is 405 g/mol. The second kappa shape index (κ2) is 7.08. The van der Waals surface area contributed by atoms with Gasteiger partial charge in [0.15, 0.2) is 5.17 Å². The van der Waals surface area contributed by atoms with Crippen LogP contribution in [0.1, 0.15) is 23.5 Å². The summed E-state index contributed by atoms with van der Waals surface area (Å²) in [6, 6.07) is 18.2. The van der Waals surface area contributed by atoms with Crippen LogP contribution in [0.2, 0.25) is 5.02 Å². The van der Waals surface area contributed by atoms with Crippen molar-refractivity contribution in [3.05, 3.63) is 81.8 Å². The van der Waals surface area contributed by atoms with Gasteiger partial charge in [0, 0.05) is 17.5 Å². The van der Waals surface area contributed by atoms with Gasteiger partial charge in [0.1, 0.15) is 0 Å². The number of carbonyl (C=O) groups is 1. The van der Waals surface area contributed by atoms with Crippen LogP contribution >= 0.6 is 23.4 Å². The van der Waals surface area contributed by atoms with Crippen LogP contribution in [0.3, 0.4) is 0 Å². The van der Waals surface area contributed by atoms with Gasteiger partial charge in [-0.05, 0) is 53.6 Å². The number of nitrogens with zero attached hydrogens (tertiary/aromatic N) is 2. The number of hydrogen-bond acceptors (Lipinski definition) is 4. The fourth-order valence-corrected chi connectivity index (χ4v) is 4.48. The molecule has 2 aliphatic rings. The van der Waals surface area contributed by atoms with E-state index in [2.05, 4.69) is 34.6 Å². The van der Waals surface area contributed by atoms with Crippen LogP contribution in [0.5, 0.6) is 0 Å². The SMILES string of the molecule is O=C1NC(=N[C@H]2C[C@@H]2c2ccccc2)SC1=Cc1ccc2nccc(Cl)c2c1. The summed E-state index contributed by atoms with van der Waals surface area (Å²) < 4.78 is 0. The zero-order valence-electron chi connectivity index (χ0n) is 14.8. The Labute approximate surface area is 171 Å². The summed E-state index contributed by atoms with van der Waals surface area (Å²) in [4.78, 5) is 22.0. The van der Waals surface area contributed by atoms with Gasteiger partial charge in [-0.2, -0.15) is 0 Å². The maximum atomic E-state index is 12.4. The normalized spacial score (nSPS) is 24.1.